The summed E-state index contributed by atoms with van der Waals surface area (Å²) in [5.41, 5.74) is 1.00. The van der Waals surface area contributed by atoms with Crippen LogP contribution in [0.5, 0.6) is 0 Å². The first-order valence-corrected chi connectivity index (χ1v) is 9.80. The van der Waals surface area contributed by atoms with Gasteiger partial charge in [0.15, 0.2) is 0 Å². The summed E-state index contributed by atoms with van der Waals surface area (Å²) in [5.74, 6) is -0.900. The third kappa shape index (κ3) is 9.83. The molecule has 3 N–H and O–H groups in total. The van der Waals surface area contributed by atoms with E-state index in [-0.39, 0.29) is 24.8 Å². The Labute approximate surface area is 142 Å². The fraction of sp³-hybridized carbons (Fsp3) is 0.500. The Bertz CT molecular complexity index is 631. The number of carbonyl (C=O) groups is 2. The Balaban J connectivity index is 2.47. The summed E-state index contributed by atoms with van der Waals surface area (Å²) < 4.78 is 22.0. The summed E-state index contributed by atoms with van der Waals surface area (Å²) in [6, 6.07) is 8.76. The van der Waals surface area contributed by atoms with E-state index in [1.54, 1.807) is 0 Å². The maximum Gasteiger partial charge on any atom is 0.315 e. The van der Waals surface area contributed by atoms with E-state index in [9.17, 15) is 18.0 Å². The third-order valence-electron chi connectivity index (χ3n) is 3.34. The number of carboxylic acids is 1. The van der Waals surface area contributed by atoms with Gasteiger partial charge in [0.1, 0.15) is 9.84 Å². The molecule has 0 fully saturated rings. The number of carboxylic acid groups (broad SMARTS) is 1. The van der Waals surface area contributed by atoms with Gasteiger partial charge in [-0.05, 0) is 24.8 Å². The number of benzene rings is 1. The van der Waals surface area contributed by atoms with E-state index >= 15 is 0 Å². The summed E-state index contributed by atoms with van der Waals surface area (Å²) in [5, 5.41) is 14.2. The van der Waals surface area contributed by atoms with E-state index in [2.05, 4.69) is 10.6 Å². The minimum absolute atomic E-state index is 0.0136. The average Bonchev–Trinajstić information content (AvgIpc) is 2.49. The molecular weight excluding hydrogens is 332 g/mol. The molecule has 1 aromatic rings. The van der Waals surface area contributed by atoms with Crippen LogP contribution in [0, 0.1) is 0 Å². The third-order valence-corrected chi connectivity index (χ3v) is 4.37. The lowest BCUT2D eigenvalue weighted by molar-refractivity contribution is -0.137. The molecule has 134 valence electrons. The van der Waals surface area contributed by atoms with E-state index < -0.39 is 21.8 Å². The summed E-state index contributed by atoms with van der Waals surface area (Å²) >= 11 is 0. The van der Waals surface area contributed by atoms with E-state index in [1.165, 1.54) is 0 Å². The molecule has 0 spiro atoms. The molecule has 1 atom stereocenters. The van der Waals surface area contributed by atoms with E-state index in [1.807, 2.05) is 30.3 Å². The van der Waals surface area contributed by atoms with Crippen LogP contribution in [0.15, 0.2) is 30.3 Å². The lowest BCUT2D eigenvalue weighted by atomic mass is 10.0. The molecule has 0 aromatic heterocycles. The smallest absolute Gasteiger partial charge is 0.315 e. The number of nitrogens with one attached hydrogen (secondary N) is 2. The minimum Gasteiger partial charge on any atom is -0.481 e. The number of rotatable bonds is 10. The summed E-state index contributed by atoms with van der Waals surface area (Å²) in [6.07, 6.45) is 2.30. The Hall–Kier alpha value is -2.09. The van der Waals surface area contributed by atoms with Crippen LogP contribution in [0.2, 0.25) is 0 Å². The predicted octanol–water partition coefficient (Wildman–Crippen LogP) is 1.20. The number of sulfone groups is 1. The van der Waals surface area contributed by atoms with Gasteiger partial charge in [0, 0.05) is 25.3 Å². The maximum absolute atomic E-state index is 11.9. The lowest BCUT2D eigenvalue weighted by Crippen LogP contribution is -2.43. The van der Waals surface area contributed by atoms with Gasteiger partial charge in [0.2, 0.25) is 0 Å². The molecule has 24 heavy (non-hydrogen) atoms. The van der Waals surface area contributed by atoms with Crippen LogP contribution in [-0.4, -0.2) is 50.1 Å². The molecule has 0 saturated carbocycles. The lowest BCUT2D eigenvalue weighted by Gasteiger charge is -2.18. The fourth-order valence-electron chi connectivity index (χ4n) is 2.19. The second kappa shape index (κ2) is 9.92. The van der Waals surface area contributed by atoms with Crippen molar-refractivity contribution in [1.82, 2.24) is 10.6 Å². The Morgan fingerprint density at radius 2 is 1.88 bits per heavy atom. The van der Waals surface area contributed by atoms with Crippen LogP contribution in [0.1, 0.15) is 24.8 Å². The standard InChI is InChI=1S/C16H24N2O5S/c1-24(22,23)11-5-10-17-16(21)18-14(8-9-15(19)20)12-13-6-3-2-4-7-13/h2-4,6-7,14H,5,8-12H2,1H3,(H,19,20)(H2,17,18,21). The molecular formula is C16H24N2O5S. The van der Waals surface area contributed by atoms with E-state index in [0.29, 0.717) is 19.3 Å². The van der Waals surface area contributed by atoms with Gasteiger partial charge in [-0.3, -0.25) is 4.79 Å². The van der Waals surface area contributed by atoms with Crippen LogP contribution in [-0.2, 0) is 21.1 Å². The Morgan fingerprint density at radius 3 is 2.46 bits per heavy atom. The molecule has 0 aliphatic carbocycles. The molecule has 0 bridgehead atoms. The molecule has 1 unspecified atom stereocenters. The molecule has 7 nitrogen and oxygen atoms in total. The zero-order valence-electron chi connectivity index (χ0n) is 13.7. The van der Waals surface area contributed by atoms with Gasteiger partial charge in [0.05, 0.1) is 5.75 Å². The van der Waals surface area contributed by atoms with Gasteiger partial charge in [-0.2, -0.15) is 0 Å². The highest BCUT2D eigenvalue weighted by Gasteiger charge is 2.14. The predicted molar refractivity (Wildman–Crippen MR) is 91.7 cm³/mol. The van der Waals surface area contributed by atoms with Crippen LogP contribution >= 0.6 is 0 Å². The molecule has 0 radical (unpaired) electrons. The van der Waals surface area contributed by atoms with Crippen molar-refractivity contribution in [3.05, 3.63) is 35.9 Å². The number of amides is 2. The minimum atomic E-state index is -3.04. The largest absolute Gasteiger partial charge is 0.481 e. The molecule has 8 heteroatoms. The second-order valence-electron chi connectivity index (χ2n) is 5.70. The number of hydrogen-bond acceptors (Lipinski definition) is 4. The van der Waals surface area contributed by atoms with Crippen molar-refractivity contribution in [3.63, 3.8) is 0 Å². The summed E-state index contributed by atoms with van der Waals surface area (Å²) in [4.78, 5) is 22.7. The molecule has 0 saturated heterocycles. The van der Waals surface area contributed by atoms with Gasteiger partial charge in [0.25, 0.3) is 0 Å². The quantitative estimate of drug-likeness (QED) is 0.545. The number of urea groups is 1. The molecule has 0 heterocycles. The van der Waals surface area contributed by atoms with Crippen LogP contribution < -0.4 is 10.6 Å². The van der Waals surface area contributed by atoms with E-state index in [4.69, 9.17) is 5.11 Å². The zero-order chi connectivity index (χ0) is 18.0. The highest BCUT2D eigenvalue weighted by molar-refractivity contribution is 7.90. The summed E-state index contributed by atoms with van der Waals surface area (Å²) in [6.45, 7) is 0.246. The Kier molecular flexibility index (Phi) is 8.25. The fourth-order valence-corrected chi connectivity index (χ4v) is 2.86. The molecule has 1 rings (SSSR count). The van der Waals surface area contributed by atoms with Crippen LogP contribution in [0.25, 0.3) is 0 Å². The molecule has 2 amide bonds. The second-order valence-corrected chi connectivity index (χ2v) is 7.96. The topological polar surface area (TPSA) is 113 Å². The number of hydrogen-bond donors (Lipinski definition) is 3. The van der Waals surface area contributed by atoms with Crippen molar-refractivity contribution in [1.29, 1.82) is 0 Å². The zero-order valence-corrected chi connectivity index (χ0v) is 14.5. The van der Waals surface area contributed by atoms with Crippen molar-refractivity contribution in [2.75, 3.05) is 18.6 Å². The first-order valence-electron chi connectivity index (χ1n) is 7.74. The number of aliphatic carboxylic acids is 1. The normalized spacial score (nSPS) is 12.4. The first-order chi connectivity index (χ1) is 11.3. The Morgan fingerprint density at radius 1 is 1.21 bits per heavy atom. The SMILES string of the molecule is CS(=O)(=O)CCCNC(=O)NC(CCC(=O)O)Cc1ccccc1. The van der Waals surface area contributed by atoms with Gasteiger partial charge in [-0.25, -0.2) is 13.2 Å². The van der Waals surface area contributed by atoms with Crippen molar-refractivity contribution in [3.8, 4) is 0 Å². The molecule has 0 aliphatic rings. The monoisotopic (exact) mass is 356 g/mol. The van der Waals surface area contributed by atoms with Gasteiger partial charge in [-0.1, -0.05) is 30.3 Å². The van der Waals surface area contributed by atoms with Crippen molar-refractivity contribution in [2.24, 2.45) is 0 Å². The highest BCUT2D eigenvalue weighted by Crippen LogP contribution is 2.08. The summed E-state index contributed by atoms with van der Waals surface area (Å²) in [7, 11) is -3.04. The highest BCUT2D eigenvalue weighted by atomic mass is 32.2. The van der Waals surface area contributed by atoms with Crippen molar-refractivity contribution >= 4 is 21.8 Å². The first kappa shape index (κ1) is 20.0. The molecule has 1 aromatic carbocycles. The van der Waals surface area contributed by atoms with Crippen LogP contribution in [0.3, 0.4) is 0 Å². The van der Waals surface area contributed by atoms with E-state index in [0.717, 1.165) is 11.8 Å². The van der Waals surface area contributed by atoms with Gasteiger partial charge >= 0.3 is 12.0 Å². The van der Waals surface area contributed by atoms with Crippen molar-refractivity contribution < 1.29 is 23.1 Å². The van der Waals surface area contributed by atoms with Crippen LogP contribution in [0.4, 0.5) is 4.79 Å². The number of carbonyl (C=O) groups excluding carboxylic acids is 1. The maximum atomic E-state index is 11.9. The van der Waals surface area contributed by atoms with Crippen molar-refractivity contribution in [2.45, 2.75) is 31.7 Å². The molecule has 0 aliphatic heterocycles. The van der Waals surface area contributed by atoms with Gasteiger partial charge < -0.3 is 15.7 Å². The van der Waals surface area contributed by atoms with Gasteiger partial charge in [-0.15, -0.1) is 0 Å². The average molecular weight is 356 g/mol.